The van der Waals surface area contributed by atoms with Gasteiger partial charge in [0.25, 0.3) is 0 Å². The molecule has 160 valence electrons. The summed E-state index contributed by atoms with van der Waals surface area (Å²) in [5.41, 5.74) is 4.64. The Hall–Kier alpha value is -3.06. The van der Waals surface area contributed by atoms with Crippen molar-refractivity contribution in [1.82, 2.24) is 5.32 Å². The first kappa shape index (κ1) is 21.2. The topological polar surface area (TPSA) is 99.0 Å². The van der Waals surface area contributed by atoms with E-state index >= 15 is 0 Å². The molecule has 1 amide bonds. The quantitative estimate of drug-likeness (QED) is 0.465. The van der Waals surface area contributed by atoms with Crippen molar-refractivity contribution in [2.75, 3.05) is 13.2 Å². The molecular weight excluding hydrogens is 418 g/mol. The highest BCUT2D eigenvalue weighted by Crippen LogP contribution is 2.44. The normalized spacial score (nSPS) is 14.4. The molecule has 31 heavy (non-hydrogen) atoms. The van der Waals surface area contributed by atoms with Gasteiger partial charge in [-0.1, -0.05) is 72.3 Å². The number of ether oxygens (including phenoxy) is 1. The van der Waals surface area contributed by atoms with Crippen LogP contribution >= 0.6 is 11.6 Å². The molecule has 1 aliphatic carbocycles. The van der Waals surface area contributed by atoms with Crippen molar-refractivity contribution in [3.63, 3.8) is 0 Å². The molecule has 3 aromatic carbocycles. The van der Waals surface area contributed by atoms with Gasteiger partial charge in [0.1, 0.15) is 24.6 Å². The molecule has 6 nitrogen and oxygen atoms in total. The van der Waals surface area contributed by atoms with Gasteiger partial charge in [0, 0.05) is 18.0 Å². The lowest BCUT2D eigenvalue weighted by atomic mass is 9.98. The number of halogens is 1. The highest BCUT2D eigenvalue weighted by atomic mass is 35.5. The summed E-state index contributed by atoms with van der Waals surface area (Å²) < 4.78 is 5.41. The van der Waals surface area contributed by atoms with Crippen molar-refractivity contribution in [3.8, 4) is 16.9 Å². The molecule has 0 saturated carbocycles. The van der Waals surface area contributed by atoms with Gasteiger partial charge in [0.05, 0.1) is 5.02 Å². The molecule has 2 unspecified atom stereocenters. The van der Waals surface area contributed by atoms with E-state index in [1.165, 1.54) is 18.2 Å². The van der Waals surface area contributed by atoms with Crippen LogP contribution < -0.4 is 5.32 Å². The average Bonchev–Trinajstić information content (AvgIpc) is 3.11. The number of rotatable bonds is 6. The molecule has 0 fully saturated rings. The third-order valence-electron chi connectivity index (χ3n) is 5.49. The maximum Gasteiger partial charge on any atom is 0.407 e. The lowest BCUT2D eigenvalue weighted by Gasteiger charge is -2.20. The summed E-state index contributed by atoms with van der Waals surface area (Å²) in [6.07, 6.45) is -3.41. The zero-order valence-corrected chi connectivity index (χ0v) is 17.3. The van der Waals surface area contributed by atoms with Crippen LogP contribution in [0.15, 0.2) is 66.7 Å². The van der Waals surface area contributed by atoms with Gasteiger partial charge in [0.2, 0.25) is 0 Å². The minimum absolute atomic E-state index is 0.0461. The summed E-state index contributed by atoms with van der Waals surface area (Å²) in [6, 6.07) is 20.4. The number of aromatic hydroxyl groups is 1. The molecule has 7 heteroatoms. The summed E-state index contributed by atoms with van der Waals surface area (Å²) in [7, 11) is 0. The van der Waals surface area contributed by atoms with E-state index in [-0.39, 0.29) is 35.4 Å². The Morgan fingerprint density at radius 3 is 2.23 bits per heavy atom. The number of hydrogen-bond acceptors (Lipinski definition) is 5. The number of carbonyl (C=O) groups excluding carboxylic acids is 1. The van der Waals surface area contributed by atoms with E-state index in [1.54, 1.807) is 0 Å². The van der Waals surface area contributed by atoms with Crippen LogP contribution in [-0.2, 0) is 4.74 Å². The molecule has 0 heterocycles. The zero-order chi connectivity index (χ0) is 22.0. The van der Waals surface area contributed by atoms with E-state index in [2.05, 4.69) is 17.4 Å². The molecule has 0 aliphatic heterocycles. The summed E-state index contributed by atoms with van der Waals surface area (Å²) in [5, 5.41) is 32.6. The lowest BCUT2D eigenvalue weighted by molar-refractivity contribution is 0.0185. The zero-order valence-electron chi connectivity index (χ0n) is 16.5. The van der Waals surface area contributed by atoms with Crippen LogP contribution in [0, 0.1) is 0 Å². The predicted molar refractivity (Wildman–Crippen MR) is 117 cm³/mol. The van der Waals surface area contributed by atoms with Gasteiger partial charge in [-0.15, -0.1) is 0 Å². The van der Waals surface area contributed by atoms with E-state index in [0.717, 1.165) is 22.3 Å². The molecule has 0 radical (unpaired) electrons. The van der Waals surface area contributed by atoms with Crippen LogP contribution in [-0.4, -0.2) is 40.7 Å². The van der Waals surface area contributed by atoms with Crippen LogP contribution in [0.2, 0.25) is 5.02 Å². The number of nitrogens with one attached hydrogen (secondary N) is 1. The fourth-order valence-electron chi connectivity index (χ4n) is 3.92. The highest BCUT2D eigenvalue weighted by Gasteiger charge is 2.29. The van der Waals surface area contributed by atoms with Gasteiger partial charge >= 0.3 is 6.09 Å². The van der Waals surface area contributed by atoms with Crippen LogP contribution in [0.5, 0.6) is 5.75 Å². The number of hydrogen-bond donors (Lipinski definition) is 4. The standard InChI is InChI=1S/C24H22ClNO5/c25-22-18(10-5-11-20(22)27)23(29)21(28)12-26-24(30)31-13-19-16-8-3-1-6-14(16)15-7-2-4-9-17(15)19/h1-11,19,21,23,27-29H,12-13H2,(H,26,30). The molecule has 0 spiro atoms. The molecule has 0 aromatic heterocycles. The molecule has 4 N–H and O–H groups in total. The summed E-state index contributed by atoms with van der Waals surface area (Å²) >= 11 is 5.97. The number of aliphatic hydroxyl groups excluding tert-OH is 2. The third kappa shape index (κ3) is 4.23. The molecule has 3 aromatic rings. The largest absolute Gasteiger partial charge is 0.506 e. The van der Waals surface area contributed by atoms with Crippen molar-refractivity contribution >= 4 is 17.7 Å². The first-order valence-corrected chi connectivity index (χ1v) is 10.3. The molecule has 0 bridgehead atoms. The van der Waals surface area contributed by atoms with E-state index in [4.69, 9.17) is 16.3 Å². The van der Waals surface area contributed by atoms with E-state index < -0.39 is 18.3 Å². The van der Waals surface area contributed by atoms with Crippen molar-refractivity contribution < 1.29 is 24.9 Å². The molecular formula is C24H22ClNO5. The Morgan fingerprint density at radius 2 is 1.58 bits per heavy atom. The number of benzene rings is 3. The van der Waals surface area contributed by atoms with E-state index in [1.807, 2.05) is 36.4 Å². The van der Waals surface area contributed by atoms with Crippen molar-refractivity contribution in [2.45, 2.75) is 18.1 Å². The van der Waals surface area contributed by atoms with Gasteiger partial charge in [-0.05, 0) is 28.3 Å². The second kappa shape index (κ2) is 8.98. The maximum atomic E-state index is 12.2. The molecule has 4 rings (SSSR count). The highest BCUT2D eigenvalue weighted by molar-refractivity contribution is 6.32. The summed E-state index contributed by atoms with van der Waals surface area (Å²) in [5.74, 6) is -0.269. The third-order valence-corrected chi connectivity index (χ3v) is 5.90. The van der Waals surface area contributed by atoms with Crippen LogP contribution in [0.25, 0.3) is 11.1 Å². The van der Waals surface area contributed by atoms with Crippen LogP contribution in [0.4, 0.5) is 4.79 Å². The predicted octanol–water partition coefficient (Wildman–Crippen LogP) is 3.98. The average molecular weight is 440 g/mol. The van der Waals surface area contributed by atoms with E-state index in [9.17, 15) is 20.1 Å². The second-order valence-electron chi connectivity index (χ2n) is 7.40. The Kier molecular flexibility index (Phi) is 6.13. The fraction of sp³-hybridized carbons (Fsp3) is 0.208. The number of amides is 1. The Morgan fingerprint density at radius 1 is 0.968 bits per heavy atom. The van der Waals surface area contributed by atoms with Gasteiger partial charge in [0.15, 0.2) is 0 Å². The van der Waals surface area contributed by atoms with Crippen LogP contribution in [0.1, 0.15) is 28.7 Å². The monoisotopic (exact) mass is 439 g/mol. The number of phenols is 1. The summed E-state index contributed by atoms with van der Waals surface area (Å²) in [4.78, 5) is 12.2. The summed E-state index contributed by atoms with van der Waals surface area (Å²) in [6.45, 7) is -0.0965. The Balaban J connectivity index is 1.35. The molecule has 1 aliphatic rings. The van der Waals surface area contributed by atoms with Gasteiger partial charge in [-0.25, -0.2) is 4.79 Å². The van der Waals surface area contributed by atoms with Gasteiger partial charge in [-0.3, -0.25) is 0 Å². The second-order valence-corrected chi connectivity index (χ2v) is 7.78. The number of alkyl carbamates (subject to hydrolysis) is 1. The minimum Gasteiger partial charge on any atom is -0.506 e. The SMILES string of the molecule is O=C(NCC(O)C(O)c1cccc(O)c1Cl)OCC1c2ccccc2-c2ccccc21. The Bertz CT molecular complexity index is 1060. The number of carbonyl (C=O) groups is 1. The smallest absolute Gasteiger partial charge is 0.407 e. The molecule has 2 atom stereocenters. The fourth-order valence-corrected chi connectivity index (χ4v) is 4.16. The van der Waals surface area contributed by atoms with Gasteiger partial charge in [-0.2, -0.15) is 0 Å². The number of phenolic OH excluding ortho intramolecular Hbond substituents is 1. The van der Waals surface area contributed by atoms with Crippen molar-refractivity contribution in [3.05, 3.63) is 88.4 Å². The lowest BCUT2D eigenvalue weighted by Crippen LogP contribution is -2.36. The number of aliphatic hydroxyl groups is 2. The van der Waals surface area contributed by atoms with Crippen molar-refractivity contribution in [2.24, 2.45) is 0 Å². The maximum absolute atomic E-state index is 12.2. The van der Waals surface area contributed by atoms with Gasteiger partial charge < -0.3 is 25.4 Å². The first-order valence-electron chi connectivity index (χ1n) is 9.89. The minimum atomic E-state index is -1.38. The Labute approximate surface area is 184 Å². The van der Waals surface area contributed by atoms with Crippen molar-refractivity contribution in [1.29, 1.82) is 0 Å². The number of fused-ring (bicyclic) bond motifs is 3. The first-order chi connectivity index (χ1) is 15.0. The van der Waals surface area contributed by atoms with Crippen LogP contribution in [0.3, 0.4) is 0 Å². The molecule has 0 saturated heterocycles. The van der Waals surface area contributed by atoms with E-state index in [0.29, 0.717) is 0 Å².